The van der Waals surface area contributed by atoms with Gasteiger partial charge in [0, 0.05) is 12.0 Å². The van der Waals surface area contributed by atoms with Crippen LogP contribution in [0.5, 0.6) is 11.5 Å². The van der Waals surface area contributed by atoms with Crippen LogP contribution in [0.25, 0.3) is 11.1 Å². The second kappa shape index (κ2) is 8.24. The van der Waals surface area contributed by atoms with Gasteiger partial charge in [-0.25, -0.2) is 0 Å². The minimum absolute atomic E-state index is 0.0951. The molecule has 0 aliphatic carbocycles. The van der Waals surface area contributed by atoms with E-state index in [1.54, 1.807) is 0 Å². The quantitative estimate of drug-likeness (QED) is 0.515. The highest BCUT2D eigenvalue weighted by molar-refractivity contribution is 9.11. The lowest BCUT2D eigenvalue weighted by Gasteiger charge is -2.19. The molecule has 0 bridgehead atoms. The number of aromatic hydroxyl groups is 2. The van der Waals surface area contributed by atoms with Crippen molar-refractivity contribution in [1.29, 1.82) is 0 Å². The van der Waals surface area contributed by atoms with E-state index < -0.39 is 18.5 Å². The Morgan fingerprint density at radius 2 is 1.42 bits per heavy atom. The van der Waals surface area contributed by atoms with Gasteiger partial charge >= 0.3 is 0 Å². The average molecular weight is 490 g/mol. The van der Waals surface area contributed by atoms with Crippen LogP contribution in [-0.2, 0) is 15.9 Å². The van der Waals surface area contributed by atoms with Gasteiger partial charge in [0.05, 0.1) is 17.7 Å². The molecule has 2 aromatic carbocycles. The first-order valence-electron chi connectivity index (χ1n) is 7.97. The maximum atomic E-state index is 10.6. The van der Waals surface area contributed by atoms with E-state index in [4.69, 9.17) is 9.47 Å². The molecule has 4 N–H and O–H groups in total. The van der Waals surface area contributed by atoms with E-state index in [1.165, 1.54) is 0 Å². The predicted octanol–water partition coefficient (Wildman–Crippen LogP) is 2.93. The number of phenolic OH excluding ortho intramolecular Hbond substituents is 2. The Morgan fingerprint density at radius 3 is 1.96 bits per heavy atom. The van der Waals surface area contributed by atoms with Gasteiger partial charge in [-0.05, 0) is 43.0 Å². The van der Waals surface area contributed by atoms with Gasteiger partial charge in [-0.15, -0.1) is 0 Å². The van der Waals surface area contributed by atoms with Crippen molar-refractivity contribution in [3.63, 3.8) is 0 Å². The van der Waals surface area contributed by atoms with Crippen LogP contribution in [0.3, 0.4) is 0 Å². The van der Waals surface area contributed by atoms with Crippen molar-refractivity contribution in [1.82, 2.24) is 0 Å². The second-order valence-electron chi connectivity index (χ2n) is 5.89. The normalized spacial score (nSPS) is 20.6. The molecule has 2 atom stereocenters. The lowest BCUT2D eigenvalue weighted by Crippen LogP contribution is -2.29. The standard InChI is InChI=1S/C18H18Br2O6/c19-15-10(6-13-25-11(7-21)12(8-22)26-13)14(9-4-2-1-3-5-9)17(23)16(20)18(15)24/h1-5,11-13,21-24H,6-8H2/t11-,12-/m1/s1. The van der Waals surface area contributed by atoms with E-state index in [0.717, 1.165) is 5.56 Å². The summed E-state index contributed by atoms with van der Waals surface area (Å²) in [7, 11) is 0. The van der Waals surface area contributed by atoms with Gasteiger partial charge in [-0.2, -0.15) is 0 Å². The van der Waals surface area contributed by atoms with Crippen molar-refractivity contribution < 1.29 is 29.9 Å². The predicted molar refractivity (Wildman–Crippen MR) is 102 cm³/mol. The molecule has 1 aliphatic rings. The van der Waals surface area contributed by atoms with E-state index in [0.29, 0.717) is 15.6 Å². The Kier molecular flexibility index (Phi) is 6.21. The average Bonchev–Trinajstić information content (AvgIpc) is 3.07. The molecule has 0 radical (unpaired) electrons. The minimum Gasteiger partial charge on any atom is -0.506 e. The van der Waals surface area contributed by atoms with Gasteiger partial charge in [0.2, 0.25) is 0 Å². The summed E-state index contributed by atoms with van der Waals surface area (Å²) in [4.78, 5) is 0. The van der Waals surface area contributed by atoms with Gasteiger partial charge in [-0.3, -0.25) is 0 Å². The van der Waals surface area contributed by atoms with Crippen LogP contribution < -0.4 is 0 Å². The Labute approximate surface area is 167 Å². The zero-order chi connectivity index (χ0) is 18.8. The Balaban J connectivity index is 2.04. The highest BCUT2D eigenvalue weighted by atomic mass is 79.9. The van der Waals surface area contributed by atoms with Crippen LogP contribution >= 0.6 is 31.9 Å². The maximum Gasteiger partial charge on any atom is 0.162 e. The minimum atomic E-state index is -0.733. The number of aliphatic hydroxyl groups is 2. The van der Waals surface area contributed by atoms with Gasteiger partial charge in [0.1, 0.15) is 28.2 Å². The summed E-state index contributed by atoms with van der Waals surface area (Å²) in [6.07, 6.45) is -1.78. The third-order valence-corrected chi connectivity index (χ3v) is 5.89. The van der Waals surface area contributed by atoms with Gasteiger partial charge in [-0.1, -0.05) is 30.3 Å². The Morgan fingerprint density at radius 1 is 0.846 bits per heavy atom. The molecule has 140 valence electrons. The van der Waals surface area contributed by atoms with E-state index >= 15 is 0 Å². The number of ether oxygens (including phenoxy) is 2. The van der Waals surface area contributed by atoms with Crippen molar-refractivity contribution >= 4 is 31.9 Å². The molecular weight excluding hydrogens is 472 g/mol. The monoisotopic (exact) mass is 488 g/mol. The molecule has 0 saturated carbocycles. The SMILES string of the molecule is OC[C@H]1OC(Cc2c(Br)c(O)c(Br)c(O)c2-c2ccccc2)O[C@@H]1CO. The number of hydrogen-bond donors (Lipinski definition) is 4. The van der Waals surface area contributed by atoms with Crippen LogP contribution in [0.4, 0.5) is 0 Å². The fourth-order valence-corrected chi connectivity index (χ4v) is 4.22. The van der Waals surface area contributed by atoms with E-state index in [9.17, 15) is 20.4 Å². The first-order chi connectivity index (χ1) is 12.5. The van der Waals surface area contributed by atoms with Crippen LogP contribution in [0.2, 0.25) is 0 Å². The van der Waals surface area contributed by atoms with Crippen LogP contribution in [0.1, 0.15) is 5.56 Å². The molecule has 1 saturated heterocycles. The molecule has 8 heteroatoms. The molecule has 26 heavy (non-hydrogen) atoms. The van der Waals surface area contributed by atoms with Crippen molar-refractivity contribution in [3.05, 3.63) is 44.8 Å². The molecule has 1 heterocycles. The largest absolute Gasteiger partial charge is 0.506 e. The summed E-state index contributed by atoms with van der Waals surface area (Å²) in [5.41, 5.74) is 1.88. The summed E-state index contributed by atoms with van der Waals surface area (Å²) in [6.45, 7) is -0.545. The summed E-state index contributed by atoms with van der Waals surface area (Å²) < 4.78 is 11.9. The van der Waals surface area contributed by atoms with Crippen LogP contribution in [0, 0.1) is 0 Å². The molecule has 6 nitrogen and oxygen atoms in total. The number of hydrogen-bond acceptors (Lipinski definition) is 6. The fraction of sp³-hybridized carbons (Fsp3) is 0.333. The number of phenols is 2. The summed E-state index contributed by atoms with van der Waals surface area (Å²) in [5, 5.41) is 39.6. The molecule has 3 rings (SSSR count). The smallest absolute Gasteiger partial charge is 0.162 e. The number of aliphatic hydroxyl groups excluding tert-OH is 2. The first kappa shape index (κ1) is 19.6. The van der Waals surface area contributed by atoms with Crippen molar-refractivity contribution in [2.75, 3.05) is 13.2 Å². The summed E-state index contributed by atoms with van der Waals surface area (Å²) >= 11 is 6.59. The second-order valence-corrected chi connectivity index (χ2v) is 7.48. The van der Waals surface area contributed by atoms with Crippen molar-refractivity contribution in [2.45, 2.75) is 24.9 Å². The highest BCUT2D eigenvalue weighted by Crippen LogP contribution is 2.49. The number of benzene rings is 2. The molecule has 2 aromatic rings. The summed E-state index contributed by atoms with van der Waals surface area (Å²) in [5.74, 6) is -0.227. The van der Waals surface area contributed by atoms with E-state index in [2.05, 4.69) is 31.9 Å². The lowest BCUT2D eigenvalue weighted by atomic mass is 9.96. The third-order valence-electron chi connectivity index (χ3n) is 4.29. The molecular formula is C18H18Br2O6. The van der Waals surface area contributed by atoms with Gasteiger partial charge < -0.3 is 29.9 Å². The first-order valence-corrected chi connectivity index (χ1v) is 9.56. The zero-order valence-electron chi connectivity index (χ0n) is 13.6. The topological polar surface area (TPSA) is 99.4 Å². The Hall–Kier alpha value is -1.16. The zero-order valence-corrected chi connectivity index (χ0v) is 16.8. The number of halogens is 2. The maximum absolute atomic E-state index is 10.6. The highest BCUT2D eigenvalue weighted by Gasteiger charge is 2.36. The number of rotatable bonds is 5. The summed E-state index contributed by atoms with van der Waals surface area (Å²) in [6, 6.07) is 9.25. The lowest BCUT2D eigenvalue weighted by molar-refractivity contribution is -0.0725. The molecule has 1 fully saturated rings. The van der Waals surface area contributed by atoms with Crippen LogP contribution in [0.15, 0.2) is 39.3 Å². The molecule has 0 unspecified atom stereocenters. The van der Waals surface area contributed by atoms with Crippen molar-refractivity contribution in [3.8, 4) is 22.6 Å². The Bertz CT molecular complexity index is 771. The molecule has 0 amide bonds. The molecule has 0 aromatic heterocycles. The van der Waals surface area contributed by atoms with E-state index in [-0.39, 0.29) is 35.6 Å². The fourth-order valence-electron chi connectivity index (χ4n) is 3.00. The van der Waals surface area contributed by atoms with Gasteiger partial charge in [0.25, 0.3) is 0 Å². The molecule has 1 aliphatic heterocycles. The van der Waals surface area contributed by atoms with Gasteiger partial charge in [0.15, 0.2) is 6.29 Å². The van der Waals surface area contributed by atoms with E-state index in [1.807, 2.05) is 30.3 Å². The van der Waals surface area contributed by atoms with Crippen LogP contribution in [-0.4, -0.2) is 52.1 Å². The third kappa shape index (κ3) is 3.62. The van der Waals surface area contributed by atoms with Crippen molar-refractivity contribution in [2.24, 2.45) is 0 Å². The molecule has 0 spiro atoms.